The summed E-state index contributed by atoms with van der Waals surface area (Å²) in [5.41, 5.74) is 0.768. The molecule has 0 radical (unpaired) electrons. The third kappa shape index (κ3) is 3.53. The van der Waals surface area contributed by atoms with Gasteiger partial charge in [-0.1, -0.05) is 20.8 Å². The SMILES string of the molecule is CC(C)(C)[C@H]1OCC[C@@H]1CNC(=O)c1ccncc1. The molecule has 19 heavy (non-hydrogen) atoms. The summed E-state index contributed by atoms with van der Waals surface area (Å²) in [6, 6.07) is 3.45. The van der Waals surface area contributed by atoms with Gasteiger partial charge in [-0.3, -0.25) is 9.78 Å². The van der Waals surface area contributed by atoms with Gasteiger partial charge in [0.25, 0.3) is 5.91 Å². The average molecular weight is 262 g/mol. The van der Waals surface area contributed by atoms with Crippen molar-refractivity contribution in [2.24, 2.45) is 11.3 Å². The van der Waals surface area contributed by atoms with Crippen molar-refractivity contribution in [3.63, 3.8) is 0 Å². The van der Waals surface area contributed by atoms with Crippen LogP contribution in [0.1, 0.15) is 37.6 Å². The van der Waals surface area contributed by atoms with E-state index in [9.17, 15) is 4.79 Å². The lowest BCUT2D eigenvalue weighted by Gasteiger charge is -2.31. The van der Waals surface area contributed by atoms with Gasteiger partial charge < -0.3 is 10.1 Å². The van der Waals surface area contributed by atoms with Crippen molar-refractivity contribution in [2.45, 2.75) is 33.3 Å². The van der Waals surface area contributed by atoms with Crippen LogP contribution < -0.4 is 5.32 Å². The zero-order valence-electron chi connectivity index (χ0n) is 11.8. The Morgan fingerprint density at radius 1 is 1.42 bits per heavy atom. The monoisotopic (exact) mass is 262 g/mol. The zero-order chi connectivity index (χ0) is 13.9. The summed E-state index contributed by atoms with van der Waals surface area (Å²) in [6.45, 7) is 8.00. The highest BCUT2D eigenvalue weighted by Gasteiger charge is 2.37. The van der Waals surface area contributed by atoms with Crippen molar-refractivity contribution in [3.8, 4) is 0 Å². The number of carbonyl (C=O) groups excluding carboxylic acids is 1. The summed E-state index contributed by atoms with van der Waals surface area (Å²) in [7, 11) is 0. The van der Waals surface area contributed by atoms with Gasteiger partial charge in [0.15, 0.2) is 0 Å². The Labute approximate surface area is 114 Å². The number of rotatable bonds is 3. The van der Waals surface area contributed by atoms with Gasteiger partial charge in [0.05, 0.1) is 6.10 Å². The summed E-state index contributed by atoms with van der Waals surface area (Å²) in [5.74, 6) is 0.354. The van der Waals surface area contributed by atoms with E-state index in [1.807, 2.05) is 0 Å². The number of nitrogens with zero attached hydrogens (tertiary/aromatic N) is 1. The maximum atomic E-state index is 12.0. The molecule has 1 aliphatic heterocycles. The lowest BCUT2D eigenvalue weighted by atomic mass is 9.81. The molecule has 0 saturated carbocycles. The van der Waals surface area contributed by atoms with Crippen LogP contribution in [-0.4, -0.2) is 30.1 Å². The lowest BCUT2D eigenvalue weighted by Crippen LogP contribution is -2.38. The normalized spacial score (nSPS) is 23.3. The van der Waals surface area contributed by atoms with Gasteiger partial charge in [0, 0.05) is 37.0 Å². The van der Waals surface area contributed by atoms with E-state index in [1.165, 1.54) is 0 Å². The van der Waals surface area contributed by atoms with Crippen LogP contribution in [0, 0.1) is 11.3 Å². The number of hydrogen-bond acceptors (Lipinski definition) is 3. The van der Waals surface area contributed by atoms with Gasteiger partial charge in [-0.05, 0) is 24.0 Å². The molecule has 2 rings (SSSR count). The first kappa shape index (κ1) is 14.0. The highest BCUT2D eigenvalue weighted by atomic mass is 16.5. The summed E-state index contributed by atoms with van der Waals surface area (Å²) >= 11 is 0. The Bertz CT molecular complexity index is 426. The fraction of sp³-hybridized carbons (Fsp3) is 0.600. The number of aromatic nitrogens is 1. The van der Waals surface area contributed by atoms with Crippen molar-refractivity contribution in [2.75, 3.05) is 13.2 Å². The highest BCUT2D eigenvalue weighted by Crippen LogP contribution is 2.34. The van der Waals surface area contributed by atoms with Crippen molar-refractivity contribution < 1.29 is 9.53 Å². The molecule has 1 fully saturated rings. The molecular weight excluding hydrogens is 240 g/mol. The molecular formula is C15H22N2O2. The maximum Gasteiger partial charge on any atom is 0.251 e. The number of ether oxygens (including phenoxy) is 1. The van der Waals surface area contributed by atoms with E-state index in [-0.39, 0.29) is 17.4 Å². The van der Waals surface area contributed by atoms with Gasteiger partial charge in [-0.15, -0.1) is 0 Å². The summed E-state index contributed by atoms with van der Waals surface area (Å²) in [6.07, 6.45) is 4.49. The van der Waals surface area contributed by atoms with Crippen LogP contribution in [-0.2, 0) is 4.74 Å². The lowest BCUT2D eigenvalue weighted by molar-refractivity contribution is 0.00737. The summed E-state index contributed by atoms with van der Waals surface area (Å²) in [4.78, 5) is 15.9. The number of carbonyl (C=O) groups is 1. The molecule has 2 atom stereocenters. The third-order valence-corrected chi connectivity index (χ3v) is 3.54. The van der Waals surface area contributed by atoms with Crippen LogP contribution in [0.15, 0.2) is 24.5 Å². The molecule has 0 aliphatic carbocycles. The van der Waals surface area contributed by atoms with Gasteiger partial charge in [-0.25, -0.2) is 0 Å². The molecule has 2 heterocycles. The van der Waals surface area contributed by atoms with Gasteiger partial charge in [0.1, 0.15) is 0 Å². The molecule has 0 spiro atoms. The molecule has 4 heteroatoms. The van der Waals surface area contributed by atoms with Crippen LogP contribution >= 0.6 is 0 Å². The minimum atomic E-state index is -0.0399. The second-order valence-corrected chi connectivity index (χ2v) is 6.15. The fourth-order valence-electron chi connectivity index (χ4n) is 2.63. The van der Waals surface area contributed by atoms with Gasteiger partial charge in [0.2, 0.25) is 0 Å². The molecule has 0 unspecified atom stereocenters. The van der Waals surface area contributed by atoms with Crippen molar-refractivity contribution >= 4 is 5.91 Å². The topological polar surface area (TPSA) is 51.2 Å². The maximum absolute atomic E-state index is 12.0. The largest absolute Gasteiger partial charge is 0.377 e. The third-order valence-electron chi connectivity index (χ3n) is 3.54. The predicted octanol–water partition coefficient (Wildman–Crippen LogP) is 2.26. The molecule has 1 saturated heterocycles. The molecule has 1 amide bonds. The van der Waals surface area contributed by atoms with E-state index in [0.29, 0.717) is 18.0 Å². The number of amides is 1. The number of nitrogens with one attached hydrogen (secondary N) is 1. The predicted molar refractivity (Wildman–Crippen MR) is 73.9 cm³/mol. The van der Waals surface area contributed by atoms with E-state index in [2.05, 4.69) is 31.1 Å². The van der Waals surface area contributed by atoms with Crippen molar-refractivity contribution in [3.05, 3.63) is 30.1 Å². The molecule has 1 N–H and O–H groups in total. The molecule has 104 valence electrons. The second-order valence-electron chi connectivity index (χ2n) is 6.15. The summed E-state index contributed by atoms with van der Waals surface area (Å²) < 4.78 is 5.81. The van der Waals surface area contributed by atoms with E-state index in [1.54, 1.807) is 24.5 Å². The minimum absolute atomic E-state index is 0.0399. The van der Waals surface area contributed by atoms with Crippen LogP contribution in [0.5, 0.6) is 0 Å². The molecule has 0 bridgehead atoms. The second kappa shape index (κ2) is 5.70. The Balaban J connectivity index is 1.90. The quantitative estimate of drug-likeness (QED) is 0.909. The first-order chi connectivity index (χ1) is 8.98. The van der Waals surface area contributed by atoms with Crippen LogP contribution in [0.2, 0.25) is 0 Å². The molecule has 1 aromatic heterocycles. The standard InChI is InChI=1S/C15H22N2O2/c1-15(2,3)13-12(6-9-19-13)10-17-14(18)11-4-7-16-8-5-11/h4-5,7-8,12-13H,6,9-10H2,1-3H3,(H,17,18)/t12-,13+/m1/s1. The minimum Gasteiger partial charge on any atom is -0.377 e. The fourth-order valence-corrected chi connectivity index (χ4v) is 2.63. The Kier molecular flexibility index (Phi) is 4.20. The van der Waals surface area contributed by atoms with Crippen molar-refractivity contribution in [1.82, 2.24) is 10.3 Å². The van der Waals surface area contributed by atoms with Crippen LogP contribution in [0.4, 0.5) is 0 Å². The van der Waals surface area contributed by atoms with E-state index in [0.717, 1.165) is 13.0 Å². The van der Waals surface area contributed by atoms with E-state index >= 15 is 0 Å². The Morgan fingerprint density at radius 2 is 2.11 bits per heavy atom. The van der Waals surface area contributed by atoms with Crippen LogP contribution in [0.25, 0.3) is 0 Å². The summed E-state index contributed by atoms with van der Waals surface area (Å²) in [5, 5.41) is 3.00. The number of hydrogen-bond donors (Lipinski definition) is 1. The molecule has 1 aliphatic rings. The molecule has 4 nitrogen and oxygen atoms in total. The van der Waals surface area contributed by atoms with E-state index in [4.69, 9.17) is 4.74 Å². The van der Waals surface area contributed by atoms with E-state index < -0.39 is 0 Å². The first-order valence-electron chi connectivity index (χ1n) is 6.78. The van der Waals surface area contributed by atoms with Crippen LogP contribution in [0.3, 0.4) is 0 Å². The smallest absolute Gasteiger partial charge is 0.251 e. The van der Waals surface area contributed by atoms with Crippen molar-refractivity contribution in [1.29, 1.82) is 0 Å². The average Bonchev–Trinajstić information content (AvgIpc) is 2.85. The Morgan fingerprint density at radius 3 is 2.74 bits per heavy atom. The zero-order valence-corrected chi connectivity index (χ0v) is 11.8. The number of pyridine rings is 1. The Hall–Kier alpha value is -1.42. The molecule has 0 aromatic carbocycles. The molecule has 1 aromatic rings. The van der Waals surface area contributed by atoms with Gasteiger partial charge in [-0.2, -0.15) is 0 Å². The van der Waals surface area contributed by atoms with Gasteiger partial charge >= 0.3 is 0 Å². The highest BCUT2D eigenvalue weighted by molar-refractivity contribution is 5.93. The first-order valence-corrected chi connectivity index (χ1v) is 6.78.